The minimum atomic E-state index is -0.122. The van der Waals surface area contributed by atoms with E-state index in [1.54, 1.807) is 19.1 Å². The van der Waals surface area contributed by atoms with E-state index in [0.29, 0.717) is 19.6 Å². The molecule has 1 saturated heterocycles. The number of carbonyl (C=O) groups excluding carboxylic acids is 1. The number of likely N-dealkylation sites (N-methyl/N-ethyl adjacent to an activating group) is 1. The van der Waals surface area contributed by atoms with Gasteiger partial charge in [0.15, 0.2) is 0 Å². The molecule has 0 aromatic rings. The van der Waals surface area contributed by atoms with E-state index in [0.717, 1.165) is 19.4 Å². The first kappa shape index (κ1) is 13.4. The molecule has 1 heterocycles. The second kappa shape index (κ2) is 6.83. The van der Waals surface area contributed by atoms with Gasteiger partial charge < -0.3 is 20.1 Å². The number of ether oxygens (including phenoxy) is 2. The van der Waals surface area contributed by atoms with Crippen LogP contribution in [0.4, 0.5) is 0 Å². The summed E-state index contributed by atoms with van der Waals surface area (Å²) < 4.78 is 10.4. The highest BCUT2D eigenvalue weighted by Gasteiger charge is 2.21. The smallest absolute Gasteiger partial charge is 0.224 e. The Kier molecular flexibility index (Phi) is 5.73. The molecule has 0 aliphatic carbocycles. The van der Waals surface area contributed by atoms with Crippen molar-refractivity contribution in [2.45, 2.75) is 31.4 Å². The second-order valence-corrected chi connectivity index (χ2v) is 4.33. The molecule has 1 aliphatic heterocycles. The van der Waals surface area contributed by atoms with E-state index >= 15 is 0 Å². The number of hydrogen-bond donors (Lipinski definition) is 1. The van der Waals surface area contributed by atoms with E-state index in [4.69, 9.17) is 15.2 Å². The average Bonchev–Trinajstić information content (AvgIpc) is 2.70. The number of nitrogens with two attached hydrogens (primary N) is 1. The maximum Gasteiger partial charge on any atom is 0.224 e. The number of nitrogens with zero attached hydrogens (tertiary/aromatic N) is 1. The molecule has 1 amide bonds. The quantitative estimate of drug-likeness (QED) is 0.697. The Morgan fingerprint density at radius 2 is 2.44 bits per heavy atom. The standard InChI is InChI=1S/C11H22N2O3/c1-13(7-9(12)8-15-2)11(14)6-10-4-3-5-16-10/h9-10H,3-8,12H2,1-2H3. The van der Waals surface area contributed by atoms with Gasteiger partial charge in [-0.1, -0.05) is 0 Å². The molecule has 0 spiro atoms. The molecule has 2 atom stereocenters. The molecule has 1 aliphatic rings. The van der Waals surface area contributed by atoms with Crippen molar-refractivity contribution >= 4 is 5.91 Å². The fourth-order valence-corrected chi connectivity index (χ4v) is 1.88. The Morgan fingerprint density at radius 1 is 1.69 bits per heavy atom. The van der Waals surface area contributed by atoms with Gasteiger partial charge in [0, 0.05) is 33.4 Å². The van der Waals surface area contributed by atoms with E-state index in [-0.39, 0.29) is 18.1 Å². The Morgan fingerprint density at radius 3 is 3.00 bits per heavy atom. The summed E-state index contributed by atoms with van der Waals surface area (Å²) in [7, 11) is 3.38. The van der Waals surface area contributed by atoms with Crippen molar-refractivity contribution in [3.05, 3.63) is 0 Å². The normalized spacial score (nSPS) is 22.1. The molecule has 0 bridgehead atoms. The van der Waals surface area contributed by atoms with Gasteiger partial charge in [-0.15, -0.1) is 0 Å². The summed E-state index contributed by atoms with van der Waals surface area (Å²) in [5, 5.41) is 0. The lowest BCUT2D eigenvalue weighted by Crippen LogP contribution is -2.41. The molecule has 5 heteroatoms. The van der Waals surface area contributed by atoms with Gasteiger partial charge in [-0.25, -0.2) is 0 Å². The molecule has 1 rings (SSSR count). The SMILES string of the molecule is COCC(N)CN(C)C(=O)CC1CCCO1. The molecular formula is C11H22N2O3. The first-order chi connectivity index (χ1) is 7.63. The number of carbonyl (C=O) groups is 1. The predicted octanol–water partition coefficient (Wildman–Crippen LogP) is -0.0124. The fourth-order valence-electron chi connectivity index (χ4n) is 1.88. The minimum absolute atomic E-state index is 0.0958. The van der Waals surface area contributed by atoms with Crippen molar-refractivity contribution in [3.8, 4) is 0 Å². The Hall–Kier alpha value is -0.650. The molecule has 2 unspecified atom stereocenters. The molecular weight excluding hydrogens is 208 g/mol. The number of rotatable bonds is 6. The van der Waals surface area contributed by atoms with Crippen LogP contribution in [0.2, 0.25) is 0 Å². The zero-order chi connectivity index (χ0) is 12.0. The van der Waals surface area contributed by atoms with Crippen LogP contribution in [0, 0.1) is 0 Å². The van der Waals surface area contributed by atoms with Crippen LogP contribution in [0.15, 0.2) is 0 Å². The lowest BCUT2D eigenvalue weighted by atomic mass is 10.1. The summed E-state index contributed by atoms with van der Waals surface area (Å²) in [5.41, 5.74) is 5.78. The first-order valence-electron chi connectivity index (χ1n) is 5.73. The van der Waals surface area contributed by atoms with Crippen molar-refractivity contribution < 1.29 is 14.3 Å². The monoisotopic (exact) mass is 230 g/mol. The molecule has 5 nitrogen and oxygen atoms in total. The number of amides is 1. The van der Waals surface area contributed by atoms with Crippen LogP contribution < -0.4 is 5.73 Å². The molecule has 94 valence electrons. The van der Waals surface area contributed by atoms with Crippen molar-refractivity contribution in [1.82, 2.24) is 4.90 Å². The predicted molar refractivity (Wildman–Crippen MR) is 61.1 cm³/mol. The maximum absolute atomic E-state index is 11.8. The topological polar surface area (TPSA) is 64.8 Å². The third kappa shape index (κ3) is 4.47. The summed E-state index contributed by atoms with van der Waals surface area (Å²) >= 11 is 0. The van der Waals surface area contributed by atoms with Gasteiger partial charge in [0.2, 0.25) is 5.91 Å². The van der Waals surface area contributed by atoms with Gasteiger partial charge in [0.05, 0.1) is 19.1 Å². The summed E-state index contributed by atoms with van der Waals surface area (Å²) in [6.45, 7) is 1.78. The molecule has 16 heavy (non-hydrogen) atoms. The molecule has 1 fully saturated rings. The Labute approximate surface area is 96.9 Å². The number of methoxy groups -OCH3 is 1. The summed E-state index contributed by atoms with van der Waals surface area (Å²) in [5.74, 6) is 0.0958. The van der Waals surface area contributed by atoms with Crippen LogP contribution in [0.3, 0.4) is 0 Å². The van der Waals surface area contributed by atoms with E-state index < -0.39 is 0 Å². The van der Waals surface area contributed by atoms with E-state index in [2.05, 4.69) is 0 Å². The Bertz CT molecular complexity index is 217. The summed E-state index contributed by atoms with van der Waals surface area (Å²) in [6.07, 6.45) is 2.62. The molecule has 0 aromatic carbocycles. The number of hydrogen-bond acceptors (Lipinski definition) is 4. The lowest BCUT2D eigenvalue weighted by molar-refractivity contribution is -0.132. The van der Waals surface area contributed by atoms with Crippen LogP contribution >= 0.6 is 0 Å². The summed E-state index contributed by atoms with van der Waals surface area (Å²) in [6, 6.07) is -0.122. The van der Waals surface area contributed by atoms with E-state index in [1.807, 2.05) is 0 Å². The van der Waals surface area contributed by atoms with Gasteiger partial charge in [-0.3, -0.25) is 4.79 Å². The van der Waals surface area contributed by atoms with Crippen LogP contribution in [0.25, 0.3) is 0 Å². The zero-order valence-electron chi connectivity index (χ0n) is 10.1. The van der Waals surface area contributed by atoms with Crippen molar-refractivity contribution in [2.75, 3.05) is 33.9 Å². The zero-order valence-corrected chi connectivity index (χ0v) is 10.1. The first-order valence-corrected chi connectivity index (χ1v) is 5.73. The second-order valence-electron chi connectivity index (χ2n) is 4.33. The van der Waals surface area contributed by atoms with Gasteiger partial charge >= 0.3 is 0 Å². The minimum Gasteiger partial charge on any atom is -0.383 e. The van der Waals surface area contributed by atoms with Crippen molar-refractivity contribution in [3.63, 3.8) is 0 Å². The third-order valence-electron chi connectivity index (χ3n) is 2.74. The van der Waals surface area contributed by atoms with Crippen LogP contribution in [0.5, 0.6) is 0 Å². The van der Waals surface area contributed by atoms with Crippen LogP contribution in [-0.4, -0.2) is 56.9 Å². The highest BCUT2D eigenvalue weighted by atomic mass is 16.5. The molecule has 0 aromatic heterocycles. The highest BCUT2D eigenvalue weighted by Crippen LogP contribution is 2.15. The summed E-state index contributed by atoms with van der Waals surface area (Å²) in [4.78, 5) is 13.4. The van der Waals surface area contributed by atoms with E-state index in [9.17, 15) is 4.79 Å². The third-order valence-corrected chi connectivity index (χ3v) is 2.74. The van der Waals surface area contributed by atoms with Gasteiger partial charge in [-0.2, -0.15) is 0 Å². The van der Waals surface area contributed by atoms with Gasteiger partial charge in [0.1, 0.15) is 0 Å². The lowest BCUT2D eigenvalue weighted by Gasteiger charge is -2.22. The van der Waals surface area contributed by atoms with Crippen molar-refractivity contribution in [1.29, 1.82) is 0 Å². The van der Waals surface area contributed by atoms with Crippen molar-refractivity contribution in [2.24, 2.45) is 5.73 Å². The van der Waals surface area contributed by atoms with Gasteiger partial charge in [0.25, 0.3) is 0 Å². The molecule has 2 N–H and O–H groups in total. The highest BCUT2D eigenvalue weighted by molar-refractivity contribution is 5.76. The fraction of sp³-hybridized carbons (Fsp3) is 0.909. The van der Waals surface area contributed by atoms with Crippen LogP contribution in [0.1, 0.15) is 19.3 Å². The van der Waals surface area contributed by atoms with Gasteiger partial charge in [-0.05, 0) is 12.8 Å². The van der Waals surface area contributed by atoms with Crippen LogP contribution in [-0.2, 0) is 14.3 Å². The maximum atomic E-state index is 11.8. The largest absolute Gasteiger partial charge is 0.383 e. The molecule has 0 radical (unpaired) electrons. The Balaban J connectivity index is 2.23. The average molecular weight is 230 g/mol. The van der Waals surface area contributed by atoms with E-state index in [1.165, 1.54) is 0 Å². The molecule has 0 saturated carbocycles.